The molecular weight excluding hydrogens is 310 g/mol. The fourth-order valence-electron chi connectivity index (χ4n) is 2.75. The molecule has 7 heteroatoms. The van der Waals surface area contributed by atoms with Crippen LogP contribution in [0.5, 0.6) is 0 Å². The van der Waals surface area contributed by atoms with E-state index < -0.39 is 0 Å². The molecule has 0 radical (unpaired) electrons. The van der Waals surface area contributed by atoms with E-state index in [9.17, 15) is 9.59 Å². The Morgan fingerprint density at radius 2 is 2.05 bits per heavy atom. The van der Waals surface area contributed by atoms with Gasteiger partial charge in [0.2, 0.25) is 5.91 Å². The Kier molecular flexibility index (Phi) is 6.77. The van der Waals surface area contributed by atoms with Crippen molar-refractivity contribution in [2.45, 2.75) is 45.4 Å². The van der Waals surface area contributed by atoms with Gasteiger partial charge in [-0.05, 0) is 24.8 Å². The van der Waals surface area contributed by atoms with Gasteiger partial charge in [0.1, 0.15) is 0 Å². The van der Waals surface area contributed by atoms with Crippen molar-refractivity contribution in [2.24, 2.45) is 11.1 Å². The molecule has 3 N–H and O–H groups in total. The molecule has 1 amide bonds. The second-order valence-electron chi connectivity index (χ2n) is 5.58. The zero-order valence-corrected chi connectivity index (χ0v) is 13.8. The van der Waals surface area contributed by atoms with Gasteiger partial charge in [-0.15, -0.1) is 12.4 Å². The standard InChI is InChI=1S/C14H21N3O2S.ClH/c1-10(18)11-8-16-13(20-11)17-12(19)7-14(9-15)5-3-2-4-6-14;/h8H,2-7,9,15H2,1H3,(H,16,17,19);1H. The number of anilines is 1. The molecule has 5 nitrogen and oxygen atoms in total. The molecule has 21 heavy (non-hydrogen) atoms. The van der Waals surface area contributed by atoms with Gasteiger partial charge in [-0.2, -0.15) is 0 Å². The fourth-order valence-corrected chi connectivity index (χ4v) is 3.48. The third-order valence-electron chi connectivity index (χ3n) is 3.98. The van der Waals surface area contributed by atoms with Gasteiger partial charge < -0.3 is 11.1 Å². The number of rotatable bonds is 5. The van der Waals surface area contributed by atoms with Crippen LogP contribution in [0.15, 0.2) is 6.20 Å². The van der Waals surface area contributed by atoms with Crippen LogP contribution in [0.25, 0.3) is 0 Å². The van der Waals surface area contributed by atoms with Crippen molar-refractivity contribution in [1.82, 2.24) is 4.98 Å². The molecule has 1 saturated carbocycles. The molecule has 0 unspecified atom stereocenters. The normalized spacial score (nSPS) is 16.9. The smallest absolute Gasteiger partial charge is 0.226 e. The van der Waals surface area contributed by atoms with E-state index in [-0.39, 0.29) is 29.5 Å². The molecule has 0 aromatic carbocycles. The maximum Gasteiger partial charge on any atom is 0.226 e. The van der Waals surface area contributed by atoms with E-state index in [1.54, 1.807) is 0 Å². The Morgan fingerprint density at radius 1 is 1.38 bits per heavy atom. The highest BCUT2D eigenvalue weighted by Gasteiger charge is 2.33. The zero-order valence-electron chi connectivity index (χ0n) is 12.2. The van der Waals surface area contributed by atoms with E-state index in [0.717, 1.165) is 25.7 Å². The lowest BCUT2D eigenvalue weighted by molar-refractivity contribution is -0.118. The van der Waals surface area contributed by atoms with Gasteiger partial charge in [0.15, 0.2) is 10.9 Å². The first kappa shape index (κ1) is 18.1. The van der Waals surface area contributed by atoms with Crippen LogP contribution in [0.1, 0.15) is 55.1 Å². The Hall–Kier alpha value is -0.980. The number of thiazole rings is 1. The van der Waals surface area contributed by atoms with Gasteiger partial charge in [0.05, 0.1) is 11.1 Å². The third kappa shape index (κ3) is 4.76. The fraction of sp³-hybridized carbons (Fsp3) is 0.643. The maximum atomic E-state index is 12.1. The van der Waals surface area contributed by atoms with Crippen LogP contribution < -0.4 is 11.1 Å². The maximum absolute atomic E-state index is 12.1. The lowest BCUT2D eigenvalue weighted by Gasteiger charge is -2.35. The monoisotopic (exact) mass is 331 g/mol. The minimum Gasteiger partial charge on any atom is -0.330 e. The minimum absolute atomic E-state index is 0. The molecule has 0 spiro atoms. The van der Waals surface area contributed by atoms with Crippen molar-refractivity contribution in [3.63, 3.8) is 0 Å². The van der Waals surface area contributed by atoms with E-state index in [1.165, 1.54) is 30.9 Å². The van der Waals surface area contributed by atoms with Crippen LogP contribution in [-0.4, -0.2) is 23.2 Å². The number of amides is 1. The molecule has 0 saturated heterocycles. The number of Topliss-reactive ketones (excluding diaryl/α,β-unsaturated/α-hetero) is 1. The summed E-state index contributed by atoms with van der Waals surface area (Å²) >= 11 is 1.21. The first-order chi connectivity index (χ1) is 9.54. The van der Waals surface area contributed by atoms with Crippen molar-refractivity contribution < 1.29 is 9.59 Å². The largest absolute Gasteiger partial charge is 0.330 e. The number of carbonyl (C=O) groups excluding carboxylic acids is 2. The molecule has 118 valence electrons. The van der Waals surface area contributed by atoms with Gasteiger partial charge in [0.25, 0.3) is 0 Å². The zero-order chi connectivity index (χ0) is 14.6. The van der Waals surface area contributed by atoms with Crippen LogP contribution >= 0.6 is 23.7 Å². The summed E-state index contributed by atoms with van der Waals surface area (Å²) in [6.07, 6.45) is 7.52. The van der Waals surface area contributed by atoms with E-state index in [0.29, 0.717) is 23.0 Å². The average Bonchev–Trinajstić information content (AvgIpc) is 2.88. The van der Waals surface area contributed by atoms with Crippen molar-refractivity contribution in [2.75, 3.05) is 11.9 Å². The number of ketones is 1. The summed E-state index contributed by atoms with van der Waals surface area (Å²) in [5.41, 5.74) is 5.83. The highest BCUT2D eigenvalue weighted by atomic mass is 35.5. The van der Waals surface area contributed by atoms with Gasteiger partial charge >= 0.3 is 0 Å². The van der Waals surface area contributed by atoms with Crippen LogP contribution in [0.2, 0.25) is 0 Å². The van der Waals surface area contributed by atoms with Crippen LogP contribution in [0, 0.1) is 5.41 Å². The molecule has 0 aliphatic heterocycles. The second-order valence-corrected chi connectivity index (χ2v) is 6.61. The minimum atomic E-state index is -0.0539. The van der Waals surface area contributed by atoms with E-state index in [1.807, 2.05) is 0 Å². The Morgan fingerprint density at radius 3 is 2.57 bits per heavy atom. The number of aromatic nitrogens is 1. The summed E-state index contributed by atoms with van der Waals surface area (Å²) in [7, 11) is 0. The number of halogens is 1. The van der Waals surface area contributed by atoms with Crippen molar-refractivity contribution in [3.05, 3.63) is 11.1 Å². The second kappa shape index (κ2) is 7.87. The van der Waals surface area contributed by atoms with Gasteiger partial charge in [-0.3, -0.25) is 9.59 Å². The Balaban J connectivity index is 0.00000220. The molecule has 2 rings (SSSR count). The molecule has 1 aromatic rings. The molecule has 1 heterocycles. The molecule has 1 aliphatic carbocycles. The number of hydrogen-bond acceptors (Lipinski definition) is 5. The van der Waals surface area contributed by atoms with Crippen LogP contribution in [-0.2, 0) is 4.79 Å². The van der Waals surface area contributed by atoms with E-state index in [4.69, 9.17) is 5.73 Å². The molecule has 1 aromatic heterocycles. The van der Waals surface area contributed by atoms with Gasteiger partial charge in [-0.25, -0.2) is 4.98 Å². The summed E-state index contributed by atoms with van der Waals surface area (Å²) in [4.78, 5) is 28.0. The van der Waals surface area contributed by atoms with Crippen LogP contribution in [0.3, 0.4) is 0 Å². The Bertz CT molecular complexity index is 498. The summed E-state index contributed by atoms with van der Waals surface area (Å²) in [6.45, 7) is 2.04. The lowest BCUT2D eigenvalue weighted by Crippen LogP contribution is -2.36. The first-order valence-electron chi connectivity index (χ1n) is 7.01. The molecule has 1 aliphatic rings. The quantitative estimate of drug-likeness (QED) is 0.812. The Labute approximate surface area is 135 Å². The highest BCUT2D eigenvalue weighted by molar-refractivity contribution is 7.17. The van der Waals surface area contributed by atoms with Crippen molar-refractivity contribution >= 4 is 40.6 Å². The SMILES string of the molecule is CC(=O)c1cnc(NC(=O)CC2(CN)CCCCC2)s1.Cl. The first-order valence-corrected chi connectivity index (χ1v) is 7.83. The molecule has 0 atom stereocenters. The van der Waals surface area contributed by atoms with Crippen molar-refractivity contribution in [3.8, 4) is 0 Å². The highest BCUT2D eigenvalue weighted by Crippen LogP contribution is 2.38. The topological polar surface area (TPSA) is 85.1 Å². The number of hydrogen-bond donors (Lipinski definition) is 2. The van der Waals surface area contributed by atoms with E-state index in [2.05, 4.69) is 10.3 Å². The summed E-state index contributed by atoms with van der Waals surface area (Å²) in [5, 5.41) is 3.27. The number of carbonyl (C=O) groups is 2. The number of nitrogens with zero attached hydrogens (tertiary/aromatic N) is 1. The number of nitrogens with one attached hydrogen (secondary N) is 1. The predicted molar refractivity (Wildman–Crippen MR) is 87.2 cm³/mol. The van der Waals surface area contributed by atoms with Crippen molar-refractivity contribution in [1.29, 1.82) is 0 Å². The van der Waals surface area contributed by atoms with Gasteiger partial charge in [-0.1, -0.05) is 30.6 Å². The van der Waals surface area contributed by atoms with Gasteiger partial charge in [0, 0.05) is 13.3 Å². The average molecular weight is 332 g/mol. The van der Waals surface area contributed by atoms with E-state index >= 15 is 0 Å². The lowest BCUT2D eigenvalue weighted by atomic mass is 9.72. The molecular formula is C14H22ClN3O2S. The molecule has 0 bridgehead atoms. The number of nitrogens with two attached hydrogens (primary N) is 1. The summed E-state index contributed by atoms with van der Waals surface area (Å²) in [5.74, 6) is -0.0875. The predicted octanol–water partition coefficient (Wildman–Crippen LogP) is 3.01. The summed E-state index contributed by atoms with van der Waals surface area (Å²) in [6, 6.07) is 0. The molecule has 1 fully saturated rings. The third-order valence-corrected chi connectivity index (χ3v) is 5.00. The summed E-state index contributed by atoms with van der Waals surface area (Å²) < 4.78 is 0. The van der Waals surface area contributed by atoms with Crippen LogP contribution in [0.4, 0.5) is 5.13 Å².